The van der Waals surface area contributed by atoms with Crippen LogP contribution in [0.3, 0.4) is 0 Å². The normalized spacial score (nSPS) is 10.6. The summed E-state index contributed by atoms with van der Waals surface area (Å²) < 4.78 is 18.9. The van der Waals surface area contributed by atoms with Crippen LogP contribution in [-0.2, 0) is 11.3 Å². The van der Waals surface area contributed by atoms with E-state index < -0.39 is 11.6 Å². The Balaban J connectivity index is 1.73. The van der Waals surface area contributed by atoms with Gasteiger partial charge in [-0.2, -0.15) is 4.68 Å². The van der Waals surface area contributed by atoms with Crippen LogP contribution in [0, 0.1) is 5.82 Å². The zero-order chi connectivity index (χ0) is 19.4. The molecule has 8 heteroatoms. The molecule has 0 aliphatic carbocycles. The third kappa shape index (κ3) is 4.35. The number of rotatable bonds is 6. The number of hydrogen-bond donors (Lipinski definition) is 1. The number of benzene rings is 2. The molecule has 3 aromatic rings. The number of ketones is 1. The van der Waals surface area contributed by atoms with Gasteiger partial charge in [0.25, 0.3) is 0 Å². The van der Waals surface area contributed by atoms with E-state index in [0.717, 1.165) is 4.68 Å². The predicted octanol–water partition coefficient (Wildman–Crippen LogP) is 2.87. The van der Waals surface area contributed by atoms with Crippen LogP contribution in [0.15, 0.2) is 57.7 Å². The molecule has 0 aliphatic heterocycles. The Labute approximate surface area is 153 Å². The zero-order valence-electron chi connectivity index (χ0n) is 14.4. The minimum atomic E-state index is -0.783. The van der Waals surface area contributed by atoms with Gasteiger partial charge in [-0.1, -0.05) is 6.92 Å². The zero-order valence-corrected chi connectivity index (χ0v) is 14.4. The van der Waals surface area contributed by atoms with E-state index in [9.17, 15) is 18.8 Å². The minimum absolute atomic E-state index is 0.00502. The van der Waals surface area contributed by atoms with Crippen LogP contribution < -0.4 is 11.1 Å². The maximum Gasteiger partial charge on any atom is 0.437 e. The van der Waals surface area contributed by atoms with Gasteiger partial charge in [-0.25, -0.2) is 9.18 Å². The third-order valence-electron chi connectivity index (χ3n) is 3.80. The van der Waals surface area contributed by atoms with Crippen LogP contribution in [0.2, 0.25) is 0 Å². The fourth-order valence-electron chi connectivity index (χ4n) is 2.33. The van der Waals surface area contributed by atoms with Gasteiger partial charge in [-0.05, 0) is 48.5 Å². The molecule has 2 aromatic carbocycles. The molecule has 0 saturated heterocycles. The second-order valence-corrected chi connectivity index (χ2v) is 5.74. The Bertz CT molecular complexity index is 1020. The molecule has 1 aromatic heterocycles. The monoisotopic (exact) mass is 369 g/mol. The van der Waals surface area contributed by atoms with Crippen molar-refractivity contribution in [1.82, 2.24) is 9.78 Å². The summed E-state index contributed by atoms with van der Waals surface area (Å²) in [6.07, 6.45) is 0.353. The number of anilines is 1. The largest absolute Gasteiger partial charge is 0.437 e. The lowest BCUT2D eigenvalue weighted by Gasteiger charge is -2.05. The number of halogens is 1. The van der Waals surface area contributed by atoms with E-state index in [1.807, 2.05) is 0 Å². The van der Waals surface area contributed by atoms with Gasteiger partial charge in [0.15, 0.2) is 5.78 Å². The number of carbonyl (C=O) groups excluding carboxylic acids is 2. The molecular formula is C19H16FN3O4. The van der Waals surface area contributed by atoms with Crippen LogP contribution >= 0.6 is 0 Å². The lowest BCUT2D eigenvalue weighted by molar-refractivity contribution is -0.115. The SMILES string of the molecule is CCC(=O)Nc1ccc(C(=O)Cn2nc(-c3ccc(F)cc3)oc2=O)cc1. The molecule has 0 fully saturated rings. The first-order chi connectivity index (χ1) is 13.0. The first-order valence-corrected chi connectivity index (χ1v) is 8.23. The molecule has 0 bridgehead atoms. The highest BCUT2D eigenvalue weighted by Gasteiger charge is 2.14. The van der Waals surface area contributed by atoms with E-state index in [0.29, 0.717) is 23.2 Å². The number of nitrogens with zero attached hydrogens (tertiary/aromatic N) is 2. The van der Waals surface area contributed by atoms with E-state index in [-0.39, 0.29) is 24.1 Å². The molecule has 0 radical (unpaired) electrons. The molecule has 1 N–H and O–H groups in total. The molecule has 138 valence electrons. The van der Waals surface area contributed by atoms with Crippen LogP contribution in [-0.4, -0.2) is 21.5 Å². The Morgan fingerprint density at radius 3 is 2.41 bits per heavy atom. The standard InChI is InChI=1S/C19H16FN3O4/c1-2-17(25)21-15-9-5-12(6-10-15)16(24)11-23-19(26)27-18(22-23)13-3-7-14(20)8-4-13/h3-10H,2,11H2,1H3,(H,21,25). The van der Waals surface area contributed by atoms with Gasteiger partial charge in [-0.3, -0.25) is 9.59 Å². The Hall–Kier alpha value is -3.55. The molecular weight excluding hydrogens is 353 g/mol. The summed E-state index contributed by atoms with van der Waals surface area (Å²) in [4.78, 5) is 35.6. The molecule has 0 aliphatic rings. The van der Waals surface area contributed by atoms with Gasteiger partial charge in [-0.15, -0.1) is 5.10 Å². The van der Waals surface area contributed by atoms with E-state index in [2.05, 4.69) is 10.4 Å². The Kier molecular flexibility index (Phi) is 5.25. The lowest BCUT2D eigenvalue weighted by atomic mass is 10.1. The fraction of sp³-hybridized carbons (Fsp3) is 0.158. The van der Waals surface area contributed by atoms with Crippen molar-refractivity contribution in [3.05, 3.63) is 70.5 Å². The third-order valence-corrected chi connectivity index (χ3v) is 3.80. The van der Waals surface area contributed by atoms with Crippen LogP contribution in [0.1, 0.15) is 23.7 Å². The van der Waals surface area contributed by atoms with Crippen molar-refractivity contribution in [3.63, 3.8) is 0 Å². The minimum Gasteiger partial charge on any atom is -0.388 e. The Morgan fingerprint density at radius 2 is 1.78 bits per heavy atom. The highest BCUT2D eigenvalue weighted by Crippen LogP contribution is 2.16. The summed E-state index contributed by atoms with van der Waals surface area (Å²) in [7, 11) is 0. The summed E-state index contributed by atoms with van der Waals surface area (Å²) in [6.45, 7) is 1.44. The summed E-state index contributed by atoms with van der Waals surface area (Å²) in [5, 5.41) is 6.66. The van der Waals surface area contributed by atoms with Crippen molar-refractivity contribution in [2.45, 2.75) is 19.9 Å². The topological polar surface area (TPSA) is 94.2 Å². The summed E-state index contributed by atoms with van der Waals surface area (Å²) in [5.74, 6) is -1.67. The molecule has 27 heavy (non-hydrogen) atoms. The number of aromatic nitrogens is 2. The molecule has 1 amide bonds. The summed E-state index contributed by atoms with van der Waals surface area (Å²) >= 11 is 0. The highest BCUT2D eigenvalue weighted by atomic mass is 19.1. The van der Waals surface area contributed by atoms with Gasteiger partial charge >= 0.3 is 5.76 Å². The quantitative estimate of drug-likeness (QED) is 0.674. The molecule has 0 saturated carbocycles. The first kappa shape index (κ1) is 18.2. The van der Waals surface area contributed by atoms with Gasteiger partial charge in [0.2, 0.25) is 11.8 Å². The van der Waals surface area contributed by atoms with Crippen LogP contribution in [0.25, 0.3) is 11.5 Å². The van der Waals surface area contributed by atoms with E-state index in [4.69, 9.17) is 4.42 Å². The second kappa shape index (κ2) is 7.77. The predicted molar refractivity (Wildman–Crippen MR) is 95.9 cm³/mol. The number of hydrogen-bond acceptors (Lipinski definition) is 5. The highest BCUT2D eigenvalue weighted by molar-refractivity contribution is 5.97. The fourth-order valence-corrected chi connectivity index (χ4v) is 2.33. The van der Waals surface area contributed by atoms with Gasteiger partial charge in [0, 0.05) is 23.2 Å². The van der Waals surface area contributed by atoms with Crippen LogP contribution in [0.4, 0.5) is 10.1 Å². The van der Waals surface area contributed by atoms with Crippen LogP contribution in [0.5, 0.6) is 0 Å². The summed E-state index contributed by atoms with van der Waals surface area (Å²) in [5.41, 5.74) is 1.37. The van der Waals surface area contributed by atoms with Gasteiger partial charge in [0.1, 0.15) is 12.4 Å². The smallest absolute Gasteiger partial charge is 0.388 e. The van der Waals surface area contributed by atoms with E-state index in [1.165, 1.54) is 24.3 Å². The summed E-state index contributed by atoms with van der Waals surface area (Å²) in [6, 6.07) is 11.6. The van der Waals surface area contributed by atoms with Gasteiger partial charge in [0.05, 0.1) is 0 Å². The first-order valence-electron chi connectivity index (χ1n) is 8.23. The van der Waals surface area contributed by atoms with Crippen molar-refractivity contribution < 1.29 is 18.4 Å². The number of carbonyl (C=O) groups is 2. The van der Waals surface area contributed by atoms with E-state index in [1.54, 1.807) is 31.2 Å². The average Bonchev–Trinajstić information content (AvgIpc) is 3.03. The van der Waals surface area contributed by atoms with Crippen molar-refractivity contribution in [1.29, 1.82) is 0 Å². The lowest BCUT2D eigenvalue weighted by Crippen LogP contribution is -2.21. The molecule has 1 heterocycles. The molecule has 0 spiro atoms. The van der Waals surface area contributed by atoms with E-state index >= 15 is 0 Å². The number of amides is 1. The molecule has 0 unspecified atom stereocenters. The Morgan fingerprint density at radius 1 is 1.11 bits per heavy atom. The number of nitrogens with one attached hydrogen (secondary N) is 1. The second-order valence-electron chi connectivity index (χ2n) is 5.74. The molecule has 3 rings (SSSR count). The van der Waals surface area contributed by atoms with Crippen molar-refractivity contribution in [2.24, 2.45) is 0 Å². The molecule has 7 nitrogen and oxygen atoms in total. The maximum absolute atomic E-state index is 13.0. The molecule has 0 atom stereocenters. The maximum atomic E-state index is 13.0. The van der Waals surface area contributed by atoms with Crippen molar-refractivity contribution in [3.8, 4) is 11.5 Å². The van der Waals surface area contributed by atoms with Crippen molar-refractivity contribution in [2.75, 3.05) is 5.32 Å². The van der Waals surface area contributed by atoms with Crippen molar-refractivity contribution >= 4 is 17.4 Å². The average molecular weight is 369 g/mol. The number of Topliss-reactive ketones (excluding diaryl/α,β-unsaturated/α-hetero) is 1. The van der Waals surface area contributed by atoms with Gasteiger partial charge < -0.3 is 9.73 Å².